The number of urea groups is 1. The third-order valence-electron chi connectivity index (χ3n) is 9.48. The molecule has 0 bridgehead atoms. The number of carbonyl (C=O) groups is 3. The predicted molar refractivity (Wildman–Crippen MR) is 177 cm³/mol. The van der Waals surface area contributed by atoms with E-state index in [-0.39, 0.29) is 18.1 Å². The van der Waals surface area contributed by atoms with E-state index in [0.717, 1.165) is 67.7 Å². The normalized spacial score (nSPS) is 18.5. The first-order valence-corrected chi connectivity index (χ1v) is 16.8. The van der Waals surface area contributed by atoms with Crippen molar-refractivity contribution in [2.24, 2.45) is 0 Å². The van der Waals surface area contributed by atoms with Crippen LogP contribution in [0.2, 0.25) is 0 Å². The Morgan fingerprint density at radius 2 is 1.73 bits per heavy atom. The Morgan fingerprint density at radius 1 is 1.00 bits per heavy atom. The van der Waals surface area contributed by atoms with Gasteiger partial charge in [-0.15, -0.1) is 0 Å². The molecule has 2 aromatic carbocycles. The van der Waals surface area contributed by atoms with E-state index in [9.17, 15) is 14.4 Å². The topological polar surface area (TPSA) is 88.7 Å². The molecule has 0 aromatic heterocycles. The third-order valence-corrected chi connectivity index (χ3v) is 9.48. The zero-order valence-electron chi connectivity index (χ0n) is 27.0. The molecule has 3 amide bonds. The van der Waals surface area contributed by atoms with Crippen LogP contribution < -0.4 is 20.1 Å². The maximum absolute atomic E-state index is 13.6. The Hall–Kier alpha value is -3.63. The van der Waals surface area contributed by atoms with Crippen molar-refractivity contribution in [1.29, 1.82) is 0 Å². The standard InChI is InChI=1S/C35H50N6O4/c1-3-40(30-16-9-5-10-17-30)35(44)36-41-27-39(33(26-42)38-21-11-6-12-22-38)25-28-24-31(19-20-32(28)41)45-23-13-18-34(43)37(2)29-14-7-4-8-15-29/h5,9-10,16-17,19-20,24,26,29,33H,3-4,6-8,11-15,18,21-23,25,27H2,1-2H3,(H,36,44). The van der Waals surface area contributed by atoms with Crippen LogP contribution in [0.1, 0.15) is 76.7 Å². The van der Waals surface area contributed by atoms with Gasteiger partial charge in [-0.2, -0.15) is 0 Å². The van der Waals surface area contributed by atoms with Crippen molar-refractivity contribution in [3.63, 3.8) is 0 Å². The minimum atomic E-state index is -0.383. The highest BCUT2D eigenvalue weighted by Gasteiger charge is 2.33. The van der Waals surface area contributed by atoms with Gasteiger partial charge in [-0.05, 0) is 74.9 Å². The number of amides is 3. The molecule has 1 saturated carbocycles. The summed E-state index contributed by atoms with van der Waals surface area (Å²) in [5.41, 5.74) is 5.79. The van der Waals surface area contributed by atoms with Crippen molar-refractivity contribution in [3.05, 3.63) is 54.1 Å². The zero-order chi connectivity index (χ0) is 31.6. The van der Waals surface area contributed by atoms with Gasteiger partial charge in [0, 0.05) is 51.4 Å². The van der Waals surface area contributed by atoms with Crippen LogP contribution in [0.5, 0.6) is 5.75 Å². The van der Waals surface area contributed by atoms with Gasteiger partial charge in [0.15, 0.2) is 6.29 Å². The predicted octanol–water partition coefficient (Wildman–Crippen LogP) is 5.38. The monoisotopic (exact) mass is 618 g/mol. The number of aldehydes is 1. The van der Waals surface area contributed by atoms with Gasteiger partial charge in [0.1, 0.15) is 11.9 Å². The van der Waals surface area contributed by atoms with E-state index in [1.54, 1.807) is 4.90 Å². The Labute approximate surface area is 268 Å². The highest BCUT2D eigenvalue weighted by atomic mass is 16.5. The number of hydrazine groups is 1. The fourth-order valence-electron chi connectivity index (χ4n) is 6.92. The smallest absolute Gasteiger partial charge is 0.340 e. The second kappa shape index (κ2) is 16.1. The van der Waals surface area contributed by atoms with Crippen molar-refractivity contribution in [1.82, 2.24) is 20.1 Å². The van der Waals surface area contributed by atoms with Crippen LogP contribution in [0, 0.1) is 0 Å². The van der Waals surface area contributed by atoms with Gasteiger partial charge in [0.05, 0.1) is 19.0 Å². The number of hydrogen-bond donors (Lipinski definition) is 1. The van der Waals surface area contributed by atoms with Crippen molar-refractivity contribution in [3.8, 4) is 5.75 Å². The quantitative estimate of drug-likeness (QED) is 0.253. The summed E-state index contributed by atoms with van der Waals surface area (Å²) in [6, 6.07) is 15.6. The number of piperidine rings is 1. The lowest BCUT2D eigenvalue weighted by atomic mass is 9.94. The van der Waals surface area contributed by atoms with Crippen LogP contribution in [-0.4, -0.2) is 85.1 Å². The zero-order valence-corrected chi connectivity index (χ0v) is 27.0. The van der Waals surface area contributed by atoms with Crippen LogP contribution >= 0.6 is 0 Å². The van der Waals surface area contributed by atoms with E-state index >= 15 is 0 Å². The number of carbonyl (C=O) groups excluding carboxylic acids is 3. The molecular weight excluding hydrogens is 568 g/mol. The van der Waals surface area contributed by atoms with Gasteiger partial charge in [-0.3, -0.25) is 24.5 Å². The minimum absolute atomic E-state index is 0.187. The molecule has 244 valence electrons. The summed E-state index contributed by atoms with van der Waals surface area (Å²) in [4.78, 5) is 46.8. The summed E-state index contributed by atoms with van der Waals surface area (Å²) >= 11 is 0. The Balaban J connectivity index is 1.27. The van der Waals surface area contributed by atoms with Gasteiger partial charge in [-0.1, -0.05) is 43.9 Å². The molecule has 45 heavy (non-hydrogen) atoms. The van der Waals surface area contributed by atoms with Crippen LogP contribution in [0.3, 0.4) is 0 Å². The van der Waals surface area contributed by atoms with Crippen molar-refractivity contribution in [2.75, 3.05) is 49.9 Å². The molecule has 3 aliphatic rings. The molecule has 2 aromatic rings. The second-order valence-electron chi connectivity index (χ2n) is 12.5. The van der Waals surface area contributed by atoms with E-state index in [1.165, 1.54) is 25.7 Å². The Kier molecular flexibility index (Phi) is 11.7. The van der Waals surface area contributed by atoms with Crippen molar-refractivity contribution < 1.29 is 19.1 Å². The van der Waals surface area contributed by atoms with E-state index < -0.39 is 0 Å². The SMILES string of the molecule is CCN(C(=O)NN1CN(C(C=O)N2CCCCC2)Cc2cc(OCCCC(=O)N(C)C3CCCCC3)ccc21)c1ccccc1. The van der Waals surface area contributed by atoms with Crippen LogP contribution in [0.25, 0.3) is 0 Å². The van der Waals surface area contributed by atoms with E-state index in [0.29, 0.717) is 45.2 Å². The molecule has 10 nitrogen and oxygen atoms in total. The number of fused-ring (bicyclic) bond motifs is 1. The highest BCUT2D eigenvalue weighted by molar-refractivity contribution is 5.93. The second-order valence-corrected chi connectivity index (χ2v) is 12.5. The molecular formula is C35H50N6O4. The summed E-state index contributed by atoms with van der Waals surface area (Å²) in [5.74, 6) is 0.905. The van der Waals surface area contributed by atoms with Crippen molar-refractivity contribution >= 4 is 29.6 Å². The molecule has 1 saturated heterocycles. The Morgan fingerprint density at radius 3 is 2.44 bits per heavy atom. The van der Waals surface area contributed by atoms with Gasteiger partial charge in [0.25, 0.3) is 0 Å². The number of hydrogen-bond acceptors (Lipinski definition) is 7. The van der Waals surface area contributed by atoms with Crippen LogP contribution in [-0.2, 0) is 16.1 Å². The first-order chi connectivity index (χ1) is 22.0. The molecule has 1 unspecified atom stereocenters. The number of anilines is 2. The average Bonchev–Trinajstić information content (AvgIpc) is 3.08. The first kappa shape index (κ1) is 32.8. The summed E-state index contributed by atoms with van der Waals surface area (Å²) in [6.07, 6.45) is 11.0. The Bertz CT molecular complexity index is 1260. The average molecular weight is 619 g/mol. The summed E-state index contributed by atoms with van der Waals surface area (Å²) in [5, 5.41) is 1.84. The van der Waals surface area contributed by atoms with Gasteiger partial charge < -0.3 is 14.4 Å². The van der Waals surface area contributed by atoms with Gasteiger partial charge in [0.2, 0.25) is 5.91 Å². The maximum atomic E-state index is 13.6. The number of nitrogens with one attached hydrogen (secondary N) is 1. The van der Waals surface area contributed by atoms with E-state index in [4.69, 9.17) is 4.74 Å². The number of nitrogens with zero attached hydrogens (tertiary/aromatic N) is 5. The summed E-state index contributed by atoms with van der Waals surface area (Å²) in [7, 11) is 1.94. The maximum Gasteiger partial charge on any atom is 0.340 e. The first-order valence-electron chi connectivity index (χ1n) is 16.8. The molecule has 0 radical (unpaired) electrons. The highest BCUT2D eigenvalue weighted by Crippen LogP contribution is 2.32. The lowest BCUT2D eigenvalue weighted by Gasteiger charge is -2.44. The lowest BCUT2D eigenvalue weighted by molar-refractivity contribution is -0.132. The summed E-state index contributed by atoms with van der Waals surface area (Å²) in [6.45, 7) is 5.61. The van der Waals surface area contributed by atoms with Crippen molar-refractivity contribution in [2.45, 2.75) is 89.9 Å². The van der Waals surface area contributed by atoms with Crippen LogP contribution in [0.15, 0.2) is 48.5 Å². The van der Waals surface area contributed by atoms with Crippen LogP contribution in [0.4, 0.5) is 16.2 Å². The number of ether oxygens (including phenoxy) is 1. The molecule has 2 aliphatic heterocycles. The number of likely N-dealkylation sites (tertiary alicyclic amines) is 1. The molecule has 0 spiro atoms. The number of rotatable bonds is 12. The molecule has 10 heteroatoms. The lowest BCUT2D eigenvalue weighted by Crippen LogP contribution is -2.60. The molecule has 2 fully saturated rings. The fourth-order valence-corrected chi connectivity index (χ4v) is 6.92. The third kappa shape index (κ3) is 8.35. The largest absolute Gasteiger partial charge is 0.494 e. The number of para-hydroxylation sites is 1. The molecule has 5 rings (SSSR count). The molecule has 1 aliphatic carbocycles. The minimum Gasteiger partial charge on any atom is -0.494 e. The molecule has 1 atom stereocenters. The number of benzene rings is 2. The summed E-state index contributed by atoms with van der Waals surface area (Å²) < 4.78 is 6.13. The van der Waals surface area contributed by atoms with E-state index in [1.807, 2.05) is 72.4 Å². The van der Waals surface area contributed by atoms with Gasteiger partial charge >= 0.3 is 6.03 Å². The van der Waals surface area contributed by atoms with Gasteiger partial charge in [-0.25, -0.2) is 10.2 Å². The molecule has 2 heterocycles. The van der Waals surface area contributed by atoms with E-state index in [2.05, 4.69) is 15.2 Å². The molecule has 1 N–H and O–H groups in total. The fraction of sp³-hybridized carbons (Fsp3) is 0.571.